The number of hydrogen-bond donors (Lipinski definition) is 0. The number of amides is 1. The van der Waals surface area contributed by atoms with Crippen LogP contribution in [0.1, 0.15) is 105 Å². The number of nitrogens with zero attached hydrogens (tertiary/aromatic N) is 2. The average Bonchev–Trinajstić information content (AvgIpc) is 2.81. The third kappa shape index (κ3) is 6.21. The van der Waals surface area contributed by atoms with Crippen LogP contribution in [0.5, 0.6) is 0 Å². The third-order valence-electron chi connectivity index (χ3n) is 9.89. The minimum absolute atomic E-state index is 0.184. The lowest BCUT2D eigenvalue weighted by Crippen LogP contribution is -2.51. The van der Waals surface area contributed by atoms with E-state index in [0.717, 1.165) is 63.7 Å². The van der Waals surface area contributed by atoms with Crippen LogP contribution in [0, 0.1) is 34.5 Å². The van der Waals surface area contributed by atoms with Crippen molar-refractivity contribution in [2.75, 3.05) is 32.7 Å². The molecule has 0 aromatic heterocycles. The maximum Gasteiger partial charge on any atom is 0.225 e. The van der Waals surface area contributed by atoms with E-state index in [0.29, 0.717) is 28.9 Å². The molecule has 3 aliphatic carbocycles. The van der Waals surface area contributed by atoms with Crippen LogP contribution in [0.2, 0.25) is 0 Å². The summed E-state index contributed by atoms with van der Waals surface area (Å²) < 4.78 is 0. The number of carbonyl (C=O) groups is 2. The van der Waals surface area contributed by atoms with Crippen molar-refractivity contribution in [3.8, 4) is 0 Å². The molecule has 33 heavy (non-hydrogen) atoms. The number of Topliss-reactive ketones (excluding diaryl/α,β-unsaturated/α-hetero) is 1. The molecule has 0 aromatic rings. The van der Waals surface area contributed by atoms with Gasteiger partial charge in [0.05, 0.1) is 0 Å². The number of rotatable bonds is 4. The molecule has 4 fully saturated rings. The number of ketones is 1. The largest absolute Gasteiger partial charge is 0.340 e. The summed E-state index contributed by atoms with van der Waals surface area (Å²) in [5.41, 5.74) is 0.351. The molecule has 4 heteroatoms. The van der Waals surface area contributed by atoms with Crippen molar-refractivity contribution < 1.29 is 9.59 Å². The van der Waals surface area contributed by atoms with Gasteiger partial charge < -0.3 is 4.90 Å². The molecule has 188 valence electrons. The zero-order valence-corrected chi connectivity index (χ0v) is 22.0. The molecule has 1 saturated heterocycles. The minimum atomic E-state index is -0.184. The van der Waals surface area contributed by atoms with Crippen LogP contribution in [-0.2, 0) is 9.59 Å². The van der Waals surface area contributed by atoms with Crippen LogP contribution in [0.25, 0.3) is 0 Å². The van der Waals surface area contributed by atoms with Crippen LogP contribution < -0.4 is 0 Å². The van der Waals surface area contributed by atoms with E-state index in [1.165, 1.54) is 57.9 Å². The molecule has 1 aliphatic heterocycles. The summed E-state index contributed by atoms with van der Waals surface area (Å²) in [4.78, 5) is 30.4. The number of piperazine rings is 1. The van der Waals surface area contributed by atoms with Crippen LogP contribution in [0.4, 0.5) is 0 Å². The Labute approximate surface area is 203 Å². The molecule has 1 amide bonds. The average molecular weight is 459 g/mol. The monoisotopic (exact) mass is 458 g/mol. The Morgan fingerprint density at radius 3 is 1.85 bits per heavy atom. The molecule has 0 radical (unpaired) electrons. The van der Waals surface area contributed by atoms with E-state index in [-0.39, 0.29) is 5.41 Å². The maximum atomic E-state index is 12.9. The fraction of sp³-hybridized carbons (Fsp3) is 0.931. The van der Waals surface area contributed by atoms with Crippen molar-refractivity contribution in [3.05, 3.63) is 0 Å². The van der Waals surface area contributed by atoms with Gasteiger partial charge in [0.25, 0.3) is 0 Å². The molecule has 0 aromatic carbocycles. The molecular formula is C29H50N2O2. The van der Waals surface area contributed by atoms with E-state index < -0.39 is 0 Å². The summed E-state index contributed by atoms with van der Waals surface area (Å²) in [5, 5.41) is 0. The highest BCUT2D eigenvalue weighted by Crippen LogP contribution is 2.51. The lowest BCUT2D eigenvalue weighted by molar-refractivity contribution is -0.138. The van der Waals surface area contributed by atoms with Gasteiger partial charge in [-0.05, 0) is 94.3 Å². The van der Waals surface area contributed by atoms with Crippen LogP contribution in [0.15, 0.2) is 0 Å². The van der Waals surface area contributed by atoms with Gasteiger partial charge in [-0.3, -0.25) is 14.5 Å². The second-order valence-corrected chi connectivity index (χ2v) is 13.4. The highest BCUT2D eigenvalue weighted by Gasteiger charge is 2.42. The van der Waals surface area contributed by atoms with Gasteiger partial charge in [-0.15, -0.1) is 0 Å². The lowest BCUT2D eigenvalue weighted by Gasteiger charge is -2.46. The molecule has 4 rings (SSSR count). The van der Waals surface area contributed by atoms with Gasteiger partial charge in [0.1, 0.15) is 5.78 Å². The van der Waals surface area contributed by atoms with E-state index in [2.05, 4.69) is 37.5 Å². The highest BCUT2D eigenvalue weighted by molar-refractivity contribution is 5.86. The van der Waals surface area contributed by atoms with E-state index in [1.54, 1.807) is 0 Å². The third-order valence-corrected chi connectivity index (χ3v) is 9.89. The van der Waals surface area contributed by atoms with Crippen molar-refractivity contribution in [2.24, 2.45) is 34.5 Å². The topological polar surface area (TPSA) is 40.6 Å². The summed E-state index contributed by atoms with van der Waals surface area (Å²) >= 11 is 0. The predicted octanol–water partition coefficient (Wildman–Crippen LogP) is 5.94. The highest BCUT2D eigenvalue weighted by atomic mass is 16.2. The molecule has 1 heterocycles. The van der Waals surface area contributed by atoms with Gasteiger partial charge in [0, 0.05) is 50.0 Å². The van der Waals surface area contributed by atoms with Crippen molar-refractivity contribution >= 4 is 11.7 Å². The lowest BCUT2D eigenvalue weighted by atomic mass is 9.60. The second-order valence-electron chi connectivity index (χ2n) is 13.4. The van der Waals surface area contributed by atoms with Crippen LogP contribution in [0.3, 0.4) is 0 Å². The maximum absolute atomic E-state index is 12.9. The Morgan fingerprint density at radius 1 is 0.758 bits per heavy atom. The van der Waals surface area contributed by atoms with Crippen LogP contribution >= 0.6 is 0 Å². The van der Waals surface area contributed by atoms with Gasteiger partial charge in [-0.2, -0.15) is 0 Å². The molecule has 1 spiro atoms. The summed E-state index contributed by atoms with van der Waals surface area (Å²) in [6.07, 6.45) is 14.9. The van der Waals surface area contributed by atoms with E-state index >= 15 is 0 Å². The molecule has 0 N–H and O–H groups in total. The quantitative estimate of drug-likeness (QED) is 0.523. The molecule has 4 aliphatic rings. The van der Waals surface area contributed by atoms with Gasteiger partial charge >= 0.3 is 0 Å². The summed E-state index contributed by atoms with van der Waals surface area (Å²) in [6, 6.07) is 0. The van der Waals surface area contributed by atoms with E-state index in [1.807, 2.05) is 0 Å². The Morgan fingerprint density at radius 2 is 1.30 bits per heavy atom. The first-order valence-corrected chi connectivity index (χ1v) is 14.2. The van der Waals surface area contributed by atoms with Crippen molar-refractivity contribution in [2.45, 2.75) is 105 Å². The molecule has 4 nitrogen and oxygen atoms in total. The fourth-order valence-corrected chi connectivity index (χ4v) is 7.36. The first kappa shape index (κ1) is 25.2. The minimum Gasteiger partial charge on any atom is -0.340 e. The Kier molecular flexibility index (Phi) is 7.93. The van der Waals surface area contributed by atoms with Gasteiger partial charge in [-0.25, -0.2) is 0 Å². The second kappa shape index (κ2) is 10.4. The molecule has 0 unspecified atom stereocenters. The number of hydrogen-bond acceptors (Lipinski definition) is 3. The van der Waals surface area contributed by atoms with Crippen molar-refractivity contribution in [1.82, 2.24) is 9.80 Å². The fourth-order valence-electron chi connectivity index (χ4n) is 7.36. The molecular weight excluding hydrogens is 408 g/mol. The van der Waals surface area contributed by atoms with Gasteiger partial charge in [0.15, 0.2) is 0 Å². The standard InChI is InChI=1S/C29H50N2O2/c1-22-5-7-25(8-6-22)27(33)31-19-17-30(18-20-31)21-23-9-13-29(14-10-23)15-11-24(12-16-29)26(32)28(2,3)4/h22-25H,5-21H2,1-4H3. The Bertz CT molecular complexity index is 662. The van der Waals surface area contributed by atoms with Crippen molar-refractivity contribution in [3.63, 3.8) is 0 Å². The molecule has 3 saturated carbocycles. The molecule has 0 atom stereocenters. The SMILES string of the molecule is CC1CCC(C(=O)N2CCN(CC3CCC4(CC3)CCC(C(=O)C(C)(C)C)CC4)CC2)CC1. The smallest absolute Gasteiger partial charge is 0.225 e. The van der Waals surface area contributed by atoms with Crippen LogP contribution in [-0.4, -0.2) is 54.2 Å². The van der Waals surface area contributed by atoms with E-state index in [9.17, 15) is 9.59 Å². The van der Waals surface area contributed by atoms with Gasteiger partial charge in [-0.1, -0.05) is 27.7 Å². The number of carbonyl (C=O) groups excluding carboxylic acids is 2. The molecule has 0 bridgehead atoms. The normalized spacial score (nSPS) is 36.7. The summed E-state index contributed by atoms with van der Waals surface area (Å²) in [7, 11) is 0. The zero-order chi connectivity index (χ0) is 23.6. The van der Waals surface area contributed by atoms with Crippen molar-refractivity contribution in [1.29, 1.82) is 0 Å². The summed E-state index contributed by atoms with van der Waals surface area (Å²) in [5.74, 6) is 3.18. The Hall–Kier alpha value is -0.900. The Balaban J connectivity index is 1.16. The van der Waals surface area contributed by atoms with E-state index in [4.69, 9.17) is 0 Å². The first-order valence-electron chi connectivity index (χ1n) is 14.2. The predicted molar refractivity (Wildman–Crippen MR) is 135 cm³/mol. The first-order chi connectivity index (χ1) is 15.7. The van der Waals surface area contributed by atoms with Gasteiger partial charge in [0.2, 0.25) is 5.91 Å². The zero-order valence-electron chi connectivity index (χ0n) is 22.0. The summed E-state index contributed by atoms with van der Waals surface area (Å²) in [6.45, 7) is 13.8.